The predicted molar refractivity (Wildman–Crippen MR) is 103 cm³/mol. The molecule has 29 heavy (non-hydrogen) atoms. The number of ether oxygens (including phenoxy) is 1. The first-order chi connectivity index (χ1) is 13.9. The summed E-state index contributed by atoms with van der Waals surface area (Å²) in [5.74, 6) is 0.570. The number of esters is 1. The fourth-order valence-corrected chi connectivity index (χ4v) is 4.52. The Hall–Kier alpha value is -2.34. The number of rotatable bonds is 5. The minimum absolute atomic E-state index is 0.294. The Morgan fingerprint density at radius 1 is 1.00 bits per heavy atom. The SMILES string of the molecule is O=C(C[C@H]1CN2CCC1CC2)OC(c1ccccc1)c1ccc(C(F)(F)F)cc1. The zero-order chi connectivity index (χ0) is 20.4. The van der Waals surface area contributed by atoms with Gasteiger partial charge in [0.15, 0.2) is 6.10 Å². The molecule has 3 fully saturated rings. The Morgan fingerprint density at radius 2 is 1.62 bits per heavy atom. The summed E-state index contributed by atoms with van der Waals surface area (Å²) in [5, 5.41) is 0. The Kier molecular flexibility index (Phi) is 5.63. The van der Waals surface area contributed by atoms with Crippen LogP contribution in [0.5, 0.6) is 0 Å². The summed E-state index contributed by atoms with van der Waals surface area (Å²) in [6, 6.07) is 14.0. The second kappa shape index (κ2) is 8.19. The third-order valence-electron chi connectivity index (χ3n) is 6.11. The minimum Gasteiger partial charge on any atom is -0.453 e. The number of hydrogen-bond acceptors (Lipinski definition) is 3. The van der Waals surface area contributed by atoms with Crippen molar-refractivity contribution in [2.75, 3.05) is 19.6 Å². The normalized spacial score (nSPS) is 24.9. The molecule has 0 radical (unpaired) electrons. The average molecular weight is 403 g/mol. The third kappa shape index (κ3) is 4.64. The number of nitrogens with zero attached hydrogens (tertiary/aromatic N) is 1. The van der Waals surface area contributed by atoms with E-state index in [9.17, 15) is 18.0 Å². The van der Waals surface area contributed by atoms with E-state index >= 15 is 0 Å². The molecule has 3 aliphatic rings. The Bertz CT molecular complexity index is 827. The van der Waals surface area contributed by atoms with Crippen LogP contribution in [0.1, 0.15) is 42.1 Å². The number of fused-ring (bicyclic) bond motifs is 3. The second-order valence-corrected chi connectivity index (χ2v) is 8.00. The summed E-state index contributed by atoms with van der Waals surface area (Å²) in [7, 11) is 0. The zero-order valence-electron chi connectivity index (χ0n) is 16.1. The molecule has 3 aliphatic heterocycles. The van der Waals surface area contributed by atoms with E-state index < -0.39 is 17.8 Å². The molecule has 0 aromatic heterocycles. The first kappa shape index (κ1) is 20.0. The Labute approximate surface area is 168 Å². The van der Waals surface area contributed by atoms with Crippen molar-refractivity contribution in [2.45, 2.75) is 31.5 Å². The molecule has 2 aromatic carbocycles. The summed E-state index contributed by atoms with van der Waals surface area (Å²) < 4.78 is 44.5. The van der Waals surface area contributed by atoms with Gasteiger partial charge < -0.3 is 9.64 Å². The smallest absolute Gasteiger partial charge is 0.416 e. The van der Waals surface area contributed by atoms with Crippen LogP contribution >= 0.6 is 0 Å². The number of benzene rings is 2. The monoisotopic (exact) mass is 403 g/mol. The fraction of sp³-hybridized carbons (Fsp3) is 0.435. The van der Waals surface area contributed by atoms with Crippen LogP contribution in [0, 0.1) is 11.8 Å². The maximum absolute atomic E-state index is 12.9. The molecule has 0 aliphatic carbocycles. The lowest BCUT2D eigenvalue weighted by Gasteiger charge is -2.44. The first-order valence-electron chi connectivity index (χ1n) is 10.0. The molecule has 0 saturated carbocycles. The van der Waals surface area contributed by atoms with Crippen LogP contribution in [-0.4, -0.2) is 30.5 Å². The third-order valence-corrected chi connectivity index (χ3v) is 6.11. The highest BCUT2D eigenvalue weighted by atomic mass is 19.4. The second-order valence-electron chi connectivity index (χ2n) is 8.00. The van der Waals surface area contributed by atoms with Gasteiger partial charge in [-0.2, -0.15) is 13.2 Å². The summed E-state index contributed by atoms with van der Waals surface area (Å²) >= 11 is 0. The molecule has 2 aromatic rings. The molecule has 3 saturated heterocycles. The van der Waals surface area contributed by atoms with Gasteiger partial charge in [-0.1, -0.05) is 42.5 Å². The van der Waals surface area contributed by atoms with Gasteiger partial charge in [0.2, 0.25) is 0 Å². The highest BCUT2D eigenvalue weighted by Gasteiger charge is 2.36. The largest absolute Gasteiger partial charge is 0.453 e. The van der Waals surface area contributed by atoms with Gasteiger partial charge in [0, 0.05) is 13.0 Å². The highest BCUT2D eigenvalue weighted by molar-refractivity contribution is 5.70. The number of piperidine rings is 3. The molecule has 2 bridgehead atoms. The van der Waals surface area contributed by atoms with Crippen LogP contribution in [0.3, 0.4) is 0 Å². The molecule has 1 unspecified atom stereocenters. The van der Waals surface area contributed by atoms with Crippen molar-refractivity contribution in [1.29, 1.82) is 0 Å². The molecule has 2 atom stereocenters. The summed E-state index contributed by atoms with van der Waals surface area (Å²) in [4.78, 5) is 15.1. The quantitative estimate of drug-likeness (QED) is 0.653. The lowest BCUT2D eigenvalue weighted by Crippen LogP contribution is -2.48. The van der Waals surface area contributed by atoms with Crippen LogP contribution in [0.25, 0.3) is 0 Å². The van der Waals surface area contributed by atoms with E-state index in [1.54, 1.807) is 0 Å². The maximum atomic E-state index is 12.9. The summed E-state index contributed by atoms with van der Waals surface area (Å²) in [6.45, 7) is 3.14. The van der Waals surface area contributed by atoms with Crippen molar-refractivity contribution in [2.24, 2.45) is 11.8 Å². The van der Waals surface area contributed by atoms with Crippen molar-refractivity contribution in [1.82, 2.24) is 4.90 Å². The van der Waals surface area contributed by atoms with E-state index in [-0.39, 0.29) is 5.97 Å². The minimum atomic E-state index is -4.40. The fourth-order valence-electron chi connectivity index (χ4n) is 4.52. The van der Waals surface area contributed by atoms with Gasteiger partial charge >= 0.3 is 12.1 Å². The number of carbonyl (C=O) groups is 1. The number of alkyl halides is 3. The molecule has 0 spiro atoms. The van der Waals surface area contributed by atoms with Crippen LogP contribution in [0.15, 0.2) is 54.6 Å². The van der Waals surface area contributed by atoms with Gasteiger partial charge in [-0.3, -0.25) is 4.79 Å². The molecule has 3 heterocycles. The zero-order valence-corrected chi connectivity index (χ0v) is 16.1. The van der Waals surface area contributed by atoms with E-state index in [0.717, 1.165) is 50.2 Å². The van der Waals surface area contributed by atoms with E-state index in [1.807, 2.05) is 30.3 Å². The first-order valence-corrected chi connectivity index (χ1v) is 10.0. The van der Waals surface area contributed by atoms with Gasteiger partial charge in [-0.05, 0) is 61.0 Å². The average Bonchev–Trinajstić information content (AvgIpc) is 2.73. The van der Waals surface area contributed by atoms with Gasteiger partial charge in [0.05, 0.1) is 5.56 Å². The molecule has 6 heteroatoms. The van der Waals surface area contributed by atoms with Crippen molar-refractivity contribution >= 4 is 5.97 Å². The molecular formula is C23H24F3NO2. The van der Waals surface area contributed by atoms with Crippen molar-refractivity contribution in [3.63, 3.8) is 0 Å². The van der Waals surface area contributed by atoms with Crippen LogP contribution in [-0.2, 0) is 15.7 Å². The van der Waals surface area contributed by atoms with Crippen LogP contribution in [0.2, 0.25) is 0 Å². The number of hydrogen-bond donors (Lipinski definition) is 0. The lowest BCUT2D eigenvalue weighted by molar-refractivity contribution is -0.150. The Morgan fingerprint density at radius 3 is 2.17 bits per heavy atom. The number of carbonyl (C=O) groups excluding carboxylic acids is 1. The van der Waals surface area contributed by atoms with E-state index in [2.05, 4.69) is 4.90 Å². The molecule has 3 nitrogen and oxygen atoms in total. The van der Waals surface area contributed by atoms with E-state index in [4.69, 9.17) is 4.74 Å². The van der Waals surface area contributed by atoms with Crippen molar-refractivity contribution in [3.8, 4) is 0 Å². The standard InChI is InChI=1S/C23H24F3NO2/c24-23(25,26)20-8-6-18(7-9-20)22(17-4-2-1-3-5-17)29-21(28)14-19-15-27-12-10-16(19)11-13-27/h1-9,16,19,22H,10-15H2/t19-,22?/m0/s1. The molecule has 154 valence electrons. The summed E-state index contributed by atoms with van der Waals surface area (Å²) in [5.41, 5.74) is 0.563. The predicted octanol–water partition coefficient (Wildman–Crippen LogP) is 5.07. The molecule has 0 N–H and O–H groups in total. The molecule has 0 amide bonds. The summed E-state index contributed by atoms with van der Waals surface area (Å²) in [6.07, 6.45) is -2.51. The number of halogens is 3. The van der Waals surface area contributed by atoms with E-state index in [0.29, 0.717) is 23.8 Å². The van der Waals surface area contributed by atoms with Gasteiger partial charge in [0.1, 0.15) is 0 Å². The molecular weight excluding hydrogens is 379 g/mol. The van der Waals surface area contributed by atoms with Crippen molar-refractivity contribution < 1.29 is 22.7 Å². The topological polar surface area (TPSA) is 29.5 Å². The lowest BCUT2D eigenvalue weighted by atomic mass is 9.77. The molecule has 5 rings (SSSR count). The maximum Gasteiger partial charge on any atom is 0.416 e. The highest BCUT2D eigenvalue weighted by Crippen LogP contribution is 2.36. The van der Waals surface area contributed by atoms with Gasteiger partial charge in [-0.15, -0.1) is 0 Å². The van der Waals surface area contributed by atoms with Crippen LogP contribution < -0.4 is 0 Å². The van der Waals surface area contributed by atoms with E-state index in [1.165, 1.54) is 12.1 Å². The van der Waals surface area contributed by atoms with Crippen LogP contribution in [0.4, 0.5) is 13.2 Å². The van der Waals surface area contributed by atoms with Crippen molar-refractivity contribution in [3.05, 3.63) is 71.3 Å². The van der Waals surface area contributed by atoms with Gasteiger partial charge in [0.25, 0.3) is 0 Å². The van der Waals surface area contributed by atoms with Gasteiger partial charge in [-0.25, -0.2) is 0 Å². The Balaban J connectivity index is 1.51.